The van der Waals surface area contributed by atoms with Gasteiger partial charge in [-0.3, -0.25) is 19.2 Å². The van der Waals surface area contributed by atoms with Gasteiger partial charge in [-0.25, -0.2) is 4.79 Å². The molecule has 34 heavy (non-hydrogen) atoms. The Morgan fingerprint density at radius 3 is 1.94 bits per heavy atom. The molecule has 0 spiro atoms. The van der Waals surface area contributed by atoms with E-state index in [1.54, 1.807) is 12.1 Å². The highest BCUT2D eigenvalue weighted by molar-refractivity contribution is 7.80. The molecule has 5 unspecified atom stereocenters. The molecule has 0 saturated heterocycles. The largest absolute Gasteiger partial charge is 0.508 e. The van der Waals surface area contributed by atoms with Crippen LogP contribution in [0.1, 0.15) is 18.9 Å². The van der Waals surface area contributed by atoms with Crippen LogP contribution in [0, 0.1) is 0 Å². The summed E-state index contributed by atoms with van der Waals surface area (Å²) in [7, 11) is 0. The first-order chi connectivity index (χ1) is 15.8. The molecule has 0 aliphatic heterocycles. The van der Waals surface area contributed by atoms with Gasteiger partial charge in [-0.05, 0) is 31.0 Å². The predicted octanol–water partition coefficient (Wildman–Crippen LogP) is -2.41. The summed E-state index contributed by atoms with van der Waals surface area (Å²) in [6, 6.07) is 0.178. The van der Waals surface area contributed by atoms with Crippen molar-refractivity contribution in [3.63, 3.8) is 0 Å². The Hall–Kier alpha value is -3.36. The first kappa shape index (κ1) is 28.7. The average molecular weight is 501 g/mol. The third kappa shape index (κ3) is 9.25. The summed E-state index contributed by atoms with van der Waals surface area (Å²) in [6.07, 6.45) is -2.30. The van der Waals surface area contributed by atoms with Gasteiger partial charge in [-0.15, -0.1) is 0 Å². The van der Waals surface area contributed by atoms with Crippen LogP contribution in [0.15, 0.2) is 24.3 Å². The topological polar surface area (TPSA) is 228 Å². The summed E-state index contributed by atoms with van der Waals surface area (Å²) in [5, 5.41) is 43.4. The van der Waals surface area contributed by atoms with Crippen LogP contribution in [-0.4, -0.2) is 86.1 Å². The Bertz CT molecular complexity index is 895. The van der Waals surface area contributed by atoms with Gasteiger partial charge in [0.25, 0.3) is 0 Å². The number of aliphatic carboxylic acids is 2. The van der Waals surface area contributed by atoms with E-state index in [-0.39, 0.29) is 17.9 Å². The van der Waals surface area contributed by atoms with E-state index in [1.807, 2.05) is 5.32 Å². The minimum absolute atomic E-state index is 0.0386. The Morgan fingerprint density at radius 1 is 0.941 bits per heavy atom. The number of phenolic OH excluding ortho intramolecular Hbond substituents is 1. The Morgan fingerprint density at radius 2 is 1.47 bits per heavy atom. The van der Waals surface area contributed by atoms with Crippen molar-refractivity contribution in [2.45, 2.75) is 50.0 Å². The SMILES string of the molecule is CC(O)C(NC(=O)C(CC(=O)O)NC(=O)C(CS)NC(=O)C(N)Cc1ccc(O)cc1)C(=O)O. The molecular weight excluding hydrogens is 472 g/mol. The number of amides is 3. The van der Waals surface area contributed by atoms with Gasteiger partial charge in [0.1, 0.15) is 17.8 Å². The highest BCUT2D eigenvalue weighted by Gasteiger charge is 2.32. The van der Waals surface area contributed by atoms with E-state index >= 15 is 0 Å². The zero-order valence-electron chi connectivity index (χ0n) is 18.2. The van der Waals surface area contributed by atoms with Crippen molar-refractivity contribution in [1.29, 1.82) is 0 Å². The lowest BCUT2D eigenvalue weighted by atomic mass is 10.1. The van der Waals surface area contributed by atoms with E-state index in [9.17, 15) is 34.2 Å². The Labute approximate surface area is 200 Å². The Kier molecular flexibility index (Phi) is 11.3. The second kappa shape index (κ2) is 13.4. The molecule has 0 heterocycles. The minimum atomic E-state index is -1.74. The lowest BCUT2D eigenvalue weighted by molar-refractivity contribution is -0.146. The van der Waals surface area contributed by atoms with E-state index in [2.05, 4.69) is 23.3 Å². The lowest BCUT2D eigenvalue weighted by Crippen LogP contribution is -2.59. The number of carbonyl (C=O) groups excluding carboxylic acids is 3. The monoisotopic (exact) mass is 500 g/mol. The van der Waals surface area contributed by atoms with Crippen molar-refractivity contribution in [2.75, 3.05) is 5.75 Å². The molecule has 1 rings (SSSR count). The number of carboxylic acid groups (broad SMARTS) is 2. The average Bonchev–Trinajstić information content (AvgIpc) is 2.75. The lowest BCUT2D eigenvalue weighted by Gasteiger charge is -2.24. The van der Waals surface area contributed by atoms with Crippen molar-refractivity contribution in [2.24, 2.45) is 5.73 Å². The summed E-state index contributed by atoms with van der Waals surface area (Å²) >= 11 is 3.99. The van der Waals surface area contributed by atoms with Gasteiger partial charge in [0.05, 0.1) is 18.6 Å². The van der Waals surface area contributed by atoms with Crippen LogP contribution in [0.5, 0.6) is 5.75 Å². The second-order valence-electron chi connectivity index (χ2n) is 7.44. The molecule has 1 aromatic carbocycles. The maximum Gasteiger partial charge on any atom is 0.328 e. The third-order valence-electron chi connectivity index (χ3n) is 4.60. The minimum Gasteiger partial charge on any atom is -0.508 e. The number of phenols is 1. The van der Waals surface area contributed by atoms with Gasteiger partial charge in [-0.2, -0.15) is 12.6 Å². The normalized spacial score (nSPS) is 15.2. The quantitative estimate of drug-likeness (QED) is 0.130. The number of thiol groups is 1. The number of aromatic hydroxyl groups is 1. The van der Waals surface area contributed by atoms with Gasteiger partial charge in [0.2, 0.25) is 17.7 Å². The number of nitrogens with two attached hydrogens (primary N) is 1. The van der Waals surface area contributed by atoms with Crippen molar-refractivity contribution >= 4 is 42.3 Å². The van der Waals surface area contributed by atoms with Crippen molar-refractivity contribution < 1.29 is 44.4 Å². The van der Waals surface area contributed by atoms with Gasteiger partial charge in [0, 0.05) is 5.75 Å². The summed E-state index contributed by atoms with van der Waals surface area (Å²) in [5.41, 5.74) is 6.51. The molecule has 0 aromatic heterocycles. The molecule has 14 heteroatoms. The summed E-state index contributed by atoms with van der Waals surface area (Å²) in [4.78, 5) is 59.7. The molecule has 188 valence electrons. The molecule has 0 fully saturated rings. The van der Waals surface area contributed by atoms with Crippen molar-refractivity contribution in [3.05, 3.63) is 29.8 Å². The molecule has 0 bridgehead atoms. The third-order valence-corrected chi connectivity index (χ3v) is 4.97. The first-order valence-corrected chi connectivity index (χ1v) is 10.7. The number of hydrogen-bond donors (Lipinski definition) is 9. The fourth-order valence-corrected chi connectivity index (χ4v) is 3.01. The standard InChI is InChI=1S/C20H28N4O9S/c1-9(25)16(20(32)33)24-18(30)13(7-15(27)28)22-19(31)14(8-34)23-17(29)12(21)6-10-2-4-11(26)5-3-10/h2-5,9,12-14,16,25-26,34H,6-8,21H2,1H3,(H,22,31)(H,23,29)(H,24,30)(H,27,28)(H,32,33). The highest BCUT2D eigenvalue weighted by atomic mass is 32.1. The smallest absolute Gasteiger partial charge is 0.328 e. The van der Waals surface area contributed by atoms with Crippen LogP contribution in [0.3, 0.4) is 0 Å². The number of hydrogen-bond acceptors (Lipinski definition) is 9. The number of carbonyl (C=O) groups is 5. The molecule has 0 aliphatic rings. The fraction of sp³-hybridized carbons (Fsp3) is 0.450. The zero-order valence-corrected chi connectivity index (χ0v) is 19.1. The Balaban J connectivity index is 2.84. The summed E-state index contributed by atoms with van der Waals surface area (Å²) < 4.78 is 0. The van der Waals surface area contributed by atoms with Gasteiger partial charge in [0.15, 0.2) is 6.04 Å². The van der Waals surface area contributed by atoms with Crippen LogP contribution >= 0.6 is 12.6 Å². The number of rotatable bonds is 13. The van der Waals surface area contributed by atoms with E-state index in [0.29, 0.717) is 5.56 Å². The number of carboxylic acids is 2. The number of nitrogens with one attached hydrogen (secondary N) is 3. The summed E-state index contributed by atoms with van der Waals surface area (Å²) in [6.45, 7) is 1.11. The number of benzene rings is 1. The molecule has 0 aliphatic carbocycles. The van der Waals surface area contributed by atoms with Crippen LogP contribution in [-0.2, 0) is 30.4 Å². The second-order valence-corrected chi connectivity index (χ2v) is 7.81. The fourth-order valence-electron chi connectivity index (χ4n) is 2.75. The molecule has 5 atom stereocenters. The zero-order chi connectivity index (χ0) is 26.0. The maximum absolute atomic E-state index is 12.6. The van der Waals surface area contributed by atoms with Crippen LogP contribution in [0.4, 0.5) is 0 Å². The van der Waals surface area contributed by atoms with Crippen LogP contribution < -0.4 is 21.7 Å². The molecule has 13 nitrogen and oxygen atoms in total. The highest BCUT2D eigenvalue weighted by Crippen LogP contribution is 2.11. The van der Waals surface area contributed by atoms with Crippen LogP contribution in [0.2, 0.25) is 0 Å². The molecule has 1 aromatic rings. The van der Waals surface area contributed by atoms with E-state index in [4.69, 9.17) is 15.9 Å². The van der Waals surface area contributed by atoms with E-state index in [0.717, 1.165) is 6.92 Å². The van der Waals surface area contributed by atoms with Crippen LogP contribution in [0.25, 0.3) is 0 Å². The van der Waals surface area contributed by atoms with Gasteiger partial charge < -0.3 is 42.1 Å². The molecular formula is C20H28N4O9S. The van der Waals surface area contributed by atoms with E-state index < -0.39 is 66.4 Å². The molecule has 9 N–H and O–H groups in total. The van der Waals surface area contributed by atoms with E-state index in [1.165, 1.54) is 12.1 Å². The number of aliphatic hydroxyl groups is 1. The van der Waals surface area contributed by atoms with Crippen molar-refractivity contribution in [1.82, 2.24) is 16.0 Å². The molecule has 0 radical (unpaired) electrons. The predicted molar refractivity (Wildman–Crippen MR) is 121 cm³/mol. The molecule has 0 saturated carbocycles. The van der Waals surface area contributed by atoms with Gasteiger partial charge >= 0.3 is 11.9 Å². The van der Waals surface area contributed by atoms with Gasteiger partial charge in [-0.1, -0.05) is 12.1 Å². The first-order valence-electron chi connectivity index (χ1n) is 10.0. The molecule has 3 amide bonds. The van der Waals surface area contributed by atoms with Crippen molar-refractivity contribution in [3.8, 4) is 5.75 Å². The summed E-state index contributed by atoms with van der Waals surface area (Å²) in [5.74, 6) is -6.05. The number of aliphatic hydroxyl groups excluding tert-OH is 1. The maximum atomic E-state index is 12.6.